The van der Waals surface area contributed by atoms with Crippen LogP contribution in [0.15, 0.2) is 48.7 Å². The van der Waals surface area contributed by atoms with Gasteiger partial charge in [0.25, 0.3) is 0 Å². The van der Waals surface area contributed by atoms with E-state index in [0.717, 1.165) is 35.0 Å². The number of rotatable bonds is 8. The summed E-state index contributed by atoms with van der Waals surface area (Å²) in [5, 5.41) is 11.6. The highest BCUT2D eigenvalue weighted by atomic mass is 32.2. The van der Waals surface area contributed by atoms with Gasteiger partial charge in [0.05, 0.1) is 19.6 Å². The van der Waals surface area contributed by atoms with Crippen LogP contribution in [0.5, 0.6) is 5.75 Å². The van der Waals surface area contributed by atoms with Gasteiger partial charge in [-0.3, -0.25) is 9.20 Å². The lowest BCUT2D eigenvalue weighted by atomic mass is 10.1. The summed E-state index contributed by atoms with van der Waals surface area (Å²) >= 11 is 1.75. The Morgan fingerprint density at radius 1 is 1.23 bits per heavy atom. The first-order chi connectivity index (χ1) is 12.7. The number of carbonyl (C=O) groups is 1. The Morgan fingerprint density at radius 3 is 2.77 bits per heavy atom. The summed E-state index contributed by atoms with van der Waals surface area (Å²) < 4.78 is 7.08. The van der Waals surface area contributed by atoms with Crippen molar-refractivity contribution in [2.24, 2.45) is 0 Å². The van der Waals surface area contributed by atoms with Crippen LogP contribution in [0.1, 0.15) is 23.9 Å². The number of nitrogens with one attached hydrogen (secondary N) is 1. The summed E-state index contributed by atoms with van der Waals surface area (Å²) in [6.45, 7) is 0. The van der Waals surface area contributed by atoms with Gasteiger partial charge in [-0.05, 0) is 48.3 Å². The number of fused-ring (bicyclic) bond motifs is 1. The van der Waals surface area contributed by atoms with Crippen LogP contribution in [-0.4, -0.2) is 39.6 Å². The lowest BCUT2D eigenvalue weighted by Gasteiger charge is -2.17. The molecular formula is C19H22N4O2S. The van der Waals surface area contributed by atoms with Crippen LogP contribution in [-0.2, 0) is 11.2 Å². The molecule has 1 amide bonds. The van der Waals surface area contributed by atoms with E-state index in [1.807, 2.05) is 53.1 Å². The smallest absolute Gasteiger partial charge is 0.225 e. The highest BCUT2D eigenvalue weighted by Gasteiger charge is 2.20. The molecule has 0 fully saturated rings. The topological polar surface area (TPSA) is 68.5 Å². The van der Waals surface area contributed by atoms with Crippen molar-refractivity contribution in [2.75, 3.05) is 19.1 Å². The fourth-order valence-corrected chi connectivity index (χ4v) is 3.24. The van der Waals surface area contributed by atoms with Gasteiger partial charge in [0.2, 0.25) is 5.91 Å². The predicted octanol–water partition coefficient (Wildman–Crippen LogP) is 2.89. The van der Waals surface area contributed by atoms with Crippen molar-refractivity contribution in [1.29, 1.82) is 0 Å². The zero-order chi connectivity index (χ0) is 18.4. The molecule has 0 aliphatic heterocycles. The summed E-state index contributed by atoms with van der Waals surface area (Å²) in [5.74, 6) is 2.43. The summed E-state index contributed by atoms with van der Waals surface area (Å²) in [4.78, 5) is 12.6. The van der Waals surface area contributed by atoms with E-state index in [2.05, 4.69) is 21.8 Å². The lowest BCUT2D eigenvalue weighted by molar-refractivity contribution is -0.121. The average molecular weight is 370 g/mol. The summed E-state index contributed by atoms with van der Waals surface area (Å²) in [5.41, 5.74) is 1.72. The molecule has 1 atom stereocenters. The summed E-state index contributed by atoms with van der Waals surface area (Å²) in [6.07, 6.45) is 5.09. The number of methoxy groups -OCH3 is 1. The maximum atomic E-state index is 12.6. The molecule has 2 aromatic heterocycles. The first-order valence-corrected chi connectivity index (χ1v) is 9.81. The van der Waals surface area contributed by atoms with Gasteiger partial charge in [-0.15, -0.1) is 10.2 Å². The van der Waals surface area contributed by atoms with E-state index in [1.165, 1.54) is 0 Å². The number of hydrogen-bond donors (Lipinski definition) is 1. The molecule has 7 heteroatoms. The number of benzene rings is 1. The van der Waals surface area contributed by atoms with E-state index >= 15 is 0 Å². The molecule has 3 rings (SSSR count). The molecule has 6 nitrogen and oxygen atoms in total. The van der Waals surface area contributed by atoms with E-state index < -0.39 is 0 Å². The molecular weight excluding hydrogens is 348 g/mol. The second-order valence-corrected chi connectivity index (χ2v) is 6.90. The largest absolute Gasteiger partial charge is 0.497 e. The lowest BCUT2D eigenvalue weighted by Crippen LogP contribution is -2.31. The van der Waals surface area contributed by atoms with Crippen molar-refractivity contribution in [3.63, 3.8) is 0 Å². The van der Waals surface area contributed by atoms with Gasteiger partial charge in [-0.2, -0.15) is 11.8 Å². The number of pyridine rings is 1. The van der Waals surface area contributed by atoms with Gasteiger partial charge in [-0.25, -0.2) is 0 Å². The maximum absolute atomic E-state index is 12.6. The SMILES string of the molecule is COc1ccc(CC(=O)N[C@@H](CCSC)c2nnc3ccccn23)cc1. The Labute approximate surface area is 157 Å². The van der Waals surface area contributed by atoms with Crippen molar-refractivity contribution < 1.29 is 9.53 Å². The number of ether oxygens (including phenoxy) is 1. The zero-order valence-electron chi connectivity index (χ0n) is 14.9. The predicted molar refractivity (Wildman–Crippen MR) is 104 cm³/mol. The standard InChI is InChI=1S/C19H22N4O2S/c1-25-15-8-6-14(7-9-15)13-18(24)20-16(10-12-26-2)19-22-21-17-5-3-4-11-23(17)19/h3-9,11,16H,10,12-13H2,1-2H3,(H,20,24)/t16-/m0/s1. The molecule has 26 heavy (non-hydrogen) atoms. The van der Waals surface area contributed by atoms with Crippen LogP contribution in [0.4, 0.5) is 0 Å². The number of carbonyl (C=O) groups excluding carboxylic acids is 1. The Bertz CT molecular complexity index is 863. The third-order valence-corrected chi connectivity index (χ3v) is 4.77. The molecule has 0 aliphatic carbocycles. The fraction of sp³-hybridized carbons (Fsp3) is 0.316. The normalized spacial score (nSPS) is 12.1. The van der Waals surface area contributed by atoms with Crippen LogP contribution in [0.25, 0.3) is 5.65 Å². The first kappa shape index (κ1) is 18.3. The molecule has 0 saturated heterocycles. The van der Waals surface area contributed by atoms with Gasteiger partial charge in [0.1, 0.15) is 5.75 Å². The van der Waals surface area contributed by atoms with Crippen LogP contribution < -0.4 is 10.1 Å². The summed E-state index contributed by atoms with van der Waals surface area (Å²) in [6, 6.07) is 13.1. The Morgan fingerprint density at radius 2 is 2.04 bits per heavy atom. The molecule has 2 heterocycles. The molecule has 136 valence electrons. The van der Waals surface area contributed by atoms with Crippen LogP contribution in [0.3, 0.4) is 0 Å². The molecule has 1 aromatic carbocycles. The number of thioether (sulfide) groups is 1. The molecule has 0 aliphatic rings. The molecule has 0 saturated carbocycles. The van der Waals surface area contributed by atoms with Crippen LogP contribution >= 0.6 is 11.8 Å². The van der Waals surface area contributed by atoms with Crippen molar-refractivity contribution >= 4 is 23.3 Å². The number of amides is 1. The van der Waals surface area contributed by atoms with Gasteiger partial charge < -0.3 is 10.1 Å². The van der Waals surface area contributed by atoms with Gasteiger partial charge in [-0.1, -0.05) is 18.2 Å². The number of aromatic nitrogens is 3. The second-order valence-electron chi connectivity index (χ2n) is 5.91. The first-order valence-electron chi connectivity index (χ1n) is 8.42. The average Bonchev–Trinajstić information content (AvgIpc) is 3.10. The zero-order valence-corrected chi connectivity index (χ0v) is 15.7. The van der Waals surface area contributed by atoms with Crippen LogP contribution in [0.2, 0.25) is 0 Å². The third kappa shape index (κ3) is 4.35. The van der Waals surface area contributed by atoms with E-state index in [-0.39, 0.29) is 11.9 Å². The quantitative estimate of drug-likeness (QED) is 0.660. The molecule has 0 unspecified atom stereocenters. The molecule has 0 radical (unpaired) electrons. The minimum Gasteiger partial charge on any atom is -0.497 e. The van der Waals surface area contributed by atoms with E-state index in [9.17, 15) is 4.79 Å². The van der Waals surface area contributed by atoms with Crippen molar-refractivity contribution in [3.05, 3.63) is 60.0 Å². The minimum absolute atomic E-state index is 0.0334. The van der Waals surface area contributed by atoms with Crippen molar-refractivity contribution in [2.45, 2.75) is 18.9 Å². The number of nitrogens with zero attached hydrogens (tertiary/aromatic N) is 3. The summed E-state index contributed by atoms with van der Waals surface area (Å²) in [7, 11) is 1.63. The molecule has 1 N–H and O–H groups in total. The van der Waals surface area contributed by atoms with Crippen LogP contribution in [0, 0.1) is 0 Å². The monoisotopic (exact) mass is 370 g/mol. The second kappa shape index (κ2) is 8.71. The van der Waals surface area contributed by atoms with E-state index in [1.54, 1.807) is 18.9 Å². The Balaban J connectivity index is 1.74. The highest BCUT2D eigenvalue weighted by molar-refractivity contribution is 7.98. The van der Waals surface area contributed by atoms with Crippen molar-refractivity contribution in [1.82, 2.24) is 19.9 Å². The minimum atomic E-state index is -0.175. The van der Waals surface area contributed by atoms with Gasteiger partial charge in [0, 0.05) is 6.20 Å². The Hall–Kier alpha value is -2.54. The van der Waals surface area contributed by atoms with Crippen molar-refractivity contribution in [3.8, 4) is 5.75 Å². The van der Waals surface area contributed by atoms with Gasteiger partial charge >= 0.3 is 0 Å². The van der Waals surface area contributed by atoms with Gasteiger partial charge in [0.15, 0.2) is 11.5 Å². The molecule has 3 aromatic rings. The number of hydrogen-bond acceptors (Lipinski definition) is 5. The maximum Gasteiger partial charge on any atom is 0.225 e. The van der Waals surface area contributed by atoms with E-state index in [0.29, 0.717) is 6.42 Å². The molecule has 0 spiro atoms. The Kier molecular flexibility index (Phi) is 6.12. The van der Waals surface area contributed by atoms with E-state index in [4.69, 9.17) is 4.74 Å². The third-order valence-electron chi connectivity index (χ3n) is 4.12. The highest BCUT2D eigenvalue weighted by Crippen LogP contribution is 2.19. The molecule has 0 bridgehead atoms. The fourth-order valence-electron chi connectivity index (χ4n) is 2.77.